The van der Waals surface area contributed by atoms with Gasteiger partial charge in [0.25, 0.3) is 10.0 Å². The summed E-state index contributed by atoms with van der Waals surface area (Å²) in [5.41, 5.74) is 1.37. The normalized spacial score (nSPS) is 13.7. The number of anilines is 3. The van der Waals surface area contributed by atoms with Gasteiger partial charge in [-0.15, -0.1) is 0 Å². The summed E-state index contributed by atoms with van der Waals surface area (Å²) < 4.78 is 60.3. The van der Waals surface area contributed by atoms with Crippen LogP contribution in [0.2, 0.25) is 0 Å². The van der Waals surface area contributed by atoms with Gasteiger partial charge in [-0.25, -0.2) is 17.2 Å². The molecule has 0 radical (unpaired) electrons. The van der Waals surface area contributed by atoms with E-state index in [-0.39, 0.29) is 16.0 Å². The minimum Gasteiger partial charge on any atom is -0.448 e. The molecule has 1 aliphatic heterocycles. The molecular formula is C18H12Br2F2N4O3S. The van der Waals surface area contributed by atoms with Gasteiger partial charge in [0, 0.05) is 11.4 Å². The van der Waals surface area contributed by atoms with E-state index in [0.29, 0.717) is 23.8 Å². The van der Waals surface area contributed by atoms with Crippen molar-refractivity contribution in [2.24, 2.45) is 0 Å². The van der Waals surface area contributed by atoms with Crippen LogP contribution in [0.25, 0.3) is 0 Å². The molecule has 0 saturated heterocycles. The molecule has 0 bridgehead atoms. The SMILES string of the molecule is N=C1c2ccoc2NCN1c1ccc(NS(=O)(=O)c2c(F)c(Br)cc(F)c2Br)cc1. The van der Waals surface area contributed by atoms with Gasteiger partial charge in [-0.2, -0.15) is 0 Å². The largest absolute Gasteiger partial charge is 0.448 e. The summed E-state index contributed by atoms with van der Waals surface area (Å²) in [5.74, 6) is -1.30. The van der Waals surface area contributed by atoms with Crippen LogP contribution in [0.4, 0.5) is 26.0 Å². The third-order valence-corrected chi connectivity index (χ3v) is 7.40. The second kappa shape index (κ2) is 7.67. The fourth-order valence-corrected chi connectivity index (χ4v) is 5.62. The minimum absolute atomic E-state index is 0.144. The van der Waals surface area contributed by atoms with Crippen molar-refractivity contribution in [1.29, 1.82) is 5.41 Å². The van der Waals surface area contributed by atoms with Crippen molar-refractivity contribution >= 4 is 65.0 Å². The maximum Gasteiger partial charge on any atom is 0.266 e. The van der Waals surface area contributed by atoms with E-state index in [4.69, 9.17) is 9.83 Å². The number of rotatable bonds is 4. The lowest BCUT2D eigenvalue weighted by Gasteiger charge is -2.29. The Bertz CT molecular complexity index is 1240. The molecule has 0 fully saturated rings. The molecule has 156 valence electrons. The average Bonchev–Trinajstić information content (AvgIpc) is 3.17. The zero-order chi connectivity index (χ0) is 21.6. The van der Waals surface area contributed by atoms with Gasteiger partial charge in [-0.05, 0) is 68.3 Å². The van der Waals surface area contributed by atoms with Crippen LogP contribution < -0.4 is 14.9 Å². The number of hydrogen-bond acceptors (Lipinski definition) is 5. The van der Waals surface area contributed by atoms with Crippen LogP contribution in [0.15, 0.2) is 60.9 Å². The van der Waals surface area contributed by atoms with Gasteiger partial charge in [0.05, 0.1) is 27.4 Å². The summed E-state index contributed by atoms with van der Waals surface area (Å²) in [7, 11) is -4.42. The zero-order valence-corrected chi connectivity index (χ0v) is 18.8. The Labute approximate surface area is 186 Å². The number of hydrogen-bond donors (Lipinski definition) is 3. The van der Waals surface area contributed by atoms with Crippen molar-refractivity contribution in [2.75, 3.05) is 21.6 Å². The number of sulfonamides is 1. The van der Waals surface area contributed by atoms with Crippen molar-refractivity contribution in [1.82, 2.24) is 0 Å². The molecule has 1 aromatic heterocycles. The van der Waals surface area contributed by atoms with E-state index in [1.165, 1.54) is 18.4 Å². The number of nitrogens with zero attached hydrogens (tertiary/aromatic N) is 1. The van der Waals surface area contributed by atoms with Gasteiger partial charge >= 0.3 is 0 Å². The molecule has 30 heavy (non-hydrogen) atoms. The summed E-state index contributed by atoms with van der Waals surface area (Å²) >= 11 is 5.61. The fourth-order valence-electron chi connectivity index (χ4n) is 2.93. The maximum absolute atomic E-state index is 14.4. The lowest BCUT2D eigenvalue weighted by Crippen LogP contribution is -2.39. The van der Waals surface area contributed by atoms with Crippen molar-refractivity contribution in [3.63, 3.8) is 0 Å². The van der Waals surface area contributed by atoms with Gasteiger partial charge in [0.1, 0.15) is 16.5 Å². The minimum atomic E-state index is -4.42. The third kappa shape index (κ3) is 3.59. The molecule has 3 aromatic rings. The van der Waals surface area contributed by atoms with Crippen LogP contribution in [0.1, 0.15) is 5.56 Å². The Balaban J connectivity index is 1.60. The topological polar surface area (TPSA) is 98.4 Å². The molecule has 0 unspecified atom stereocenters. The van der Waals surface area contributed by atoms with Crippen LogP contribution in [-0.4, -0.2) is 20.9 Å². The van der Waals surface area contributed by atoms with Crippen LogP contribution >= 0.6 is 31.9 Å². The summed E-state index contributed by atoms with van der Waals surface area (Å²) in [5, 5.41) is 11.3. The maximum atomic E-state index is 14.4. The number of nitrogens with one attached hydrogen (secondary N) is 3. The fraction of sp³-hybridized carbons (Fsp3) is 0.0556. The molecule has 2 heterocycles. The van der Waals surface area contributed by atoms with Crippen molar-refractivity contribution in [3.05, 3.63) is 68.8 Å². The van der Waals surface area contributed by atoms with E-state index >= 15 is 0 Å². The molecule has 4 rings (SSSR count). The number of amidine groups is 1. The van der Waals surface area contributed by atoms with Crippen LogP contribution in [0, 0.1) is 17.0 Å². The quantitative estimate of drug-likeness (QED) is 0.385. The average molecular weight is 562 g/mol. The smallest absolute Gasteiger partial charge is 0.266 e. The lowest BCUT2D eigenvalue weighted by atomic mass is 10.2. The number of benzene rings is 2. The zero-order valence-electron chi connectivity index (χ0n) is 14.8. The lowest BCUT2D eigenvalue weighted by molar-refractivity contribution is 0.545. The van der Waals surface area contributed by atoms with E-state index in [2.05, 4.69) is 41.9 Å². The third-order valence-electron chi connectivity index (χ3n) is 4.36. The molecule has 0 atom stereocenters. The molecule has 12 heteroatoms. The van der Waals surface area contributed by atoms with E-state index in [9.17, 15) is 17.2 Å². The Kier molecular flexibility index (Phi) is 5.32. The highest BCUT2D eigenvalue weighted by atomic mass is 79.9. The highest BCUT2D eigenvalue weighted by molar-refractivity contribution is 9.11. The first-order valence-corrected chi connectivity index (χ1v) is 11.4. The first-order valence-electron chi connectivity index (χ1n) is 8.33. The first-order chi connectivity index (χ1) is 14.2. The van der Waals surface area contributed by atoms with Crippen LogP contribution in [0.5, 0.6) is 0 Å². The Morgan fingerprint density at radius 1 is 1.17 bits per heavy atom. The number of halogens is 4. The highest BCUT2D eigenvalue weighted by Crippen LogP contribution is 2.34. The van der Waals surface area contributed by atoms with E-state index < -0.39 is 31.0 Å². The Morgan fingerprint density at radius 3 is 2.57 bits per heavy atom. The van der Waals surface area contributed by atoms with Gasteiger partial charge in [-0.3, -0.25) is 10.1 Å². The monoisotopic (exact) mass is 560 g/mol. The first kappa shape index (κ1) is 20.8. The number of fused-ring (bicyclic) bond motifs is 1. The van der Waals surface area contributed by atoms with Crippen LogP contribution in [-0.2, 0) is 10.0 Å². The predicted molar refractivity (Wildman–Crippen MR) is 116 cm³/mol. The van der Waals surface area contributed by atoms with Crippen LogP contribution in [0.3, 0.4) is 0 Å². The summed E-state index contributed by atoms with van der Waals surface area (Å²) in [6.45, 7) is 0.292. The van der Waals surface area contributed by atoms with Gasteiger partial charge in [-0.1, -0.05) is 0 Å². The van der Waals surface area contributed by atoms with E-state index in [1.807, 2.05) is 0 Å². The molecule has 0 spiro atoms. The highest BCUT2D eigenvalue weighted by Gasteiger charge is 2.28. The van der Waals surface area contributed by atoms with Gasteiger partial charge in [0.2, 0.25) is 5.88 Å². The standard InChI is InChI=1S/C18H12Br2F2N4O3S/c19-12-7-13(21)14(20)16(15(12)22)30(27,28)25-9-1-3-10(4-2-9)26-8-24-18-11(17(26)23)5-6-29-18/h1-7,23-25H,8H2. The van der Waals surface area contributed by atoms with Gasteiger partial charge in [0.15, 0.2) is 5.82 Å². The molecule has 0 amide bonds. The van der Waals surface area contributed by atoms with Crippen molar-refractivity contribution < 1.29 is 21.6 Å². The van der Waals surface area contributed by atoms with Gasteiger partial charge < -0.3 is 14.6 Å². The molecule has 2 aromatic carbocycles. The molecule has 7 nitrogen and oxygen atoms in total. The second-order valence-electron chi connectivity index (χ2n) is 6.22. The molecular weight excluding hydrogens is 550 g/mol. The molecule has 0 aliphatic carbocycles. The molecule has 1 aliphatic rings. The Hall–Kier alpha value is -2.44. The number of furan rings is 1. The summed E-state index contributed by atoms with van der Waals surface area (Å²) in [6.07, 6.45) is 1.48. The van der Waals surface area contributed by atoms with E-state index in [1.54, 1.807) is 23.1 Å². The van der Waals surface area contributed by atoms with Crippen molar-refractivity contribution in [3.8, 4) is 0 Å². The Morgan fingerprint density at radius 2 is 1.87 bits per heavy atom. The predicted octanol–water partition coefficient (Wildman–Crippen LogP) is 5.10. The summed E-state index contributed by atoms with van der Waals surface area (Å²) in [6, 6.07) is 8.64. The molecule has 0 saturated carbocycles. The van der Waals surface area contributed by atoms with E-state index in [0.717, 1.165) is 6.07 Å². The van der Waals surface area contributed by atoms with Crippen molar-refractivity contribution in [2.45, 2.75) is 4.90 Å². The molecule has 3 N–H and O–H groups in total. The summed E-state index contributed by atoms with van der Waals surface area (Å²) in [4.78, 5) is 0.823. The second-order valence-corrected chi connectivity index (χ2v) is 9.49.